The third-order valence-electron chi connectivity index (χ3n) is 5.81. The molecule has 8 nitrogen and oxygen atoms in total. The van der Waals surface area contributed by atoms with Crippen LogP contribution in [-0.4, -0.2) is 40.1 Å². The Hall–Kier alpha value is -2.35. The second-order valence-electron chi connectivity index (χ2n) is 7.73. The molecule has 1 aliphatic heterocycles. The highest BCUT2D eigenvalue weighted by molar-refractivity contribution is 5.65. The van der Waals surface area contributed by atoms with Crippen molar-refractivity contribution >= 4 is 17.5 Å². The number of ether oxygens (including phenoxy) is 3. The lowest BCUT2D eigenvalue weighted by Gasteiger charge is -2.21. The summed E-state index contributed by atoms with van der Waals surface area (Å²) in [5.41, 5.74) is 7.58. The fourth-order valence-electron chi connectivity index (χ4n) is 4.25. The summed E-state index contributed by atoms with van der Waals surface area (Å²) in [5, 5.41) is 4.26. The number of rotatable bonds is 6. The number of aromatic nitrogens is 3. The van der Waals surface area contributed by atoms with Crippen LogP contribution in [0.3, 0.4) is 0 Å². The van der Waals surface area contributed by atoms with Gasteiger partial charge >= 0.3 is 6.16 Å². The van der Waals surface area contributed by atoms with E-state index in [4.69, 9.17) is 19.9 Å². The smallest absolute Gasteiger partial charge is 0.434 e. The molecule has 2 atom stereocenters. The summed E-state index contributed by atoms with van der Waals surface area (Å²) in [5.74, 6) is 1.13. The zero-order valence-electron chi connectivity index (χ0n) is 16.1. The molecule has 0 spiro atoms. The summed E-state index contributed by atoms with van der Waals surface area (Å²) in [6, 6.07) is 3.84. The van der Waals surface area contributed by atoms with Gasteiger partial charge in [0, 0.05) is 0 Å². The van der Waals surface area contributed by atoms with Gasteiger partial charge in [0.25, 0.3) is 0 Å². The Balaban J connectivity index is 1.20. The maximum Gasteiger partial charge on any atom is 0.508 e. The first-order valence-corrected chi connectivity index (χ1v) is 10.2. The highest BCUT2D eigenvalue weighted by atomic mass is 16.7. The van der Waals surface area contributed by atoms with E-state index in [-0.39, 0.29) is 18.8 Å². The Morgan fingerprint density at radius 1 is 1.18 bits per heavy atom. The van der Waals surface area contributed by atoms with Gasteiger partial charge in [-0.1, -0.05) is 32.1 Å². The number of nitrogens with zero attached hydrogens (tertiary/aromatic N) is 3. The van der Waals surface area contributed by atoms with E-state index in [1.165, 1.54) is 38.4 Å². The molecular formula is C20H28N4O4. The predicted octanol–water partition coefficient (Wildman–Crippen LogP) is 3.66. The van der Waals surface area contributed by atoms with E-state index in [2.05, 4.69) is 10.1 Å². The molecule has 8 heteroatoms. The van der Waals surface area contributed by atoms with Crippen molar-refractivity contribution in [2.24, 2.45) is 5.92 Å². The van der Waals surface area contributed by atoms with Crippen LogP contribution in [0, 0.1) is 5.92 Å². The molecule has 2 aromatic heterocycles. The maximum absolute atomic E-state index is 11.8. The second kappa shape index (κ2) is 8.77. The molecule has 2 N–H and O–H groups in total. The summed E-state index contributed by atoms with van der Waals surface area (Å²) in [6.07, 6.45) is 9.60. The Morgan fingerprint density at radius 2 is 2.04 bits per heavy atom. The summed E-state index contributed by atoms with van der Waals surface area (Å²) in [4.78, 5) is 15.8. The molecule has 1 aliphatic carbocycles. The molecule has 152 valence electrons. The average Bonchev–Trinajstić information content (AvgIpc) is 3.35. The maximum atomic E-state index is 11.8. The predicted molar refractivity (Wildman–Crippen MR) is 103 cm³/mol. The third kappa shape index (κ3) is 4.38. The van der Waals surface area contributed by atoms with Crippen LogP contribution in [0.25, 0.3) is 5.52 Å². The van der Waals surface area contributed by atoms with Gasteiger partial charge in [0.15, 0.2) is 5.82 Å². The Kier molecular flexibility index (Phi) is 5.95. The molecule has 1 saturated carbocycles. The normalized spacial score (nSPS) is 23.1. The number of carbonyl (C=O) groups is 1. The van der Waals surface area contributed by atoms with Crippen LogP contribution in [0.2, 0.25) is 0 Å². The van der Waals surface area contributed by atoms with Gasteiger partial charge in [0.05, 0.1) is 18.4 Å². The number of nitrogen functional groups attached to an aromatic ring is 1. The molecule has 28 heavy (non-hydrogen) atoms. The summed E-state index contributed by atoms with van der Waals surface area (Å²) < 4.78 is 18.3. The lowest BCUT2D eigenvalue weighted by atomic mass is 9.87. The molecule has 1 saturated heterocycles. The number of hydrogen-bond acceptors (Lipinski definition) is 7. The Morgan fingerprint density at radius 3 is 2.89 bits per heavy atom. The van der Waals surface area contributed by atoms with Crippen molar-refractivity contribution in [2.45, 2.75) is 63.6 Å². The van der Waals surface area contributed by atoms with Crippen molar-refractivity contribution in [1.29, 1.82) is 0 Å². The van der Waals surface area contributed by atoms with Crippen molar-refractivity contribution in [2.75, 3.05) is 18.9 Å². The monoisotopic (exact) mass is 388 g/mol. The van der Waals surface area contributed by atoms with Crippen molar-refractivity contribution in [3.05, 3.63) is 24.2 Å². The van der Waals surface area contributed by atoms with E-state index in [0.29, 0.717) is 18.3 Å². The van der Waals surface area contributed by atoms with E-state index in [1.54, 1.807) is 4.52 Å². The van der Waals surface area contributed by atoms with Crippen LogP contribution in [0.4, 0.5) is 10.6 Å². The number of nitrogens with two attached hydrogens (primary N) is 1. The van der Waals surface area contributed by atoms with Gasteiger partial charge in [-0.05, 0) is 37.3 Å². The van der Waals surface area contributed by atoms with E-state index in [9.17, 15) is 4.79 Å². The van der Waals surface area contributed by atoms with E-state index < -0.39 is 6.16 Å². The zero-order chi connectivity index (χ0) is 19.3. The van der Waals surface area contributed by atoms with Crippen LogP contribution in [0.5, 0.6) is 0 Å². The topological polar surface area (TPSA) is 101 Å². The van der Waals surface area contributed by atoms with Crippen molar-refractivity contribution in [3.63, 3.8) is 0 Å². The standard InChI is InChI=1S/C20H28N4O4/c21-19-17-8-7-16(24(17)23-13-22-19)18-9-6-15(28-18)12-27-20(25)26-11-10-14-4-2-1-3-5-14/h7-8,13-15,18H,1-6,9-12H2,(H2,21,22,23). The quantitative estimate of drug-likeness (QED) is 0.754. The highest BCUT2D eigenvalue weighted by Crippen LogP contribution is 2.34. The molecule has 3 heterocycles. The number of anilines is 1. The molecule has 0 bridgehead atoms. The summed E-state index contributed by atoms with van der Waals surface area (Å²) >= 11 is 0. The SMILES string of the molecule is Nc1ncnn2c(C3CCC(COC(=O)OCCC4CCCCC4)O3)ccc12. The molecule has 2 unspecified atom stereocenters. The van der Waals surface area contributed by atoms with Crippen LogP contribution in [0.15, 0.2) is 18.5 Å². The fourth-order valence-corrected chi connectivity index (χ4v) is 4.25. The van der Waals surface area contributed by atoms with Gasteiger partial charge in [-0.2, -0.15) is 5.10 Å². The van der Waals surface area contributed by atoms with Crippen LogP contribution in [-0.2, 0) is 14.2 Å². The van der Waals surface area contributed by atoms with Crippen molar-refractivity contribution in [3.8, 4) is 0 Å². The summed E-state index contributed by atoms with van der Waals surface area (Å²) in [6.45, 7) is 0.647. The Bertz CT molecular complexity index is 803. The van der Waals surface area contributed by atoms with Gasteiger partial charge in [0.2, 0.25) is 0 Å². The van der Waals surface area contributed by atoms with Gasteiger partial charge in [0.1, 0.15) is 24.6 Å². The fraction of sp³-hybridized carbons (Fsp3) is 0.650. The van der Waals surface area contributed by atoms with Gasteiger partial charge in [-0.15, -0.1) is 0 Å². The number of fused-ring (bicyclic) bond motifs is 1. The lowest BCUT2D eigenvalue weighted by molar-refractivity contribution is -0.0184. The minimum atomic E-state index is -0.600. The van der Waals surface area contributed by atoms with E-state index in [1.807, 2.05) is 12.1 Å². The molecule has 4 rings (SSSR count). The number of hydrogen-bond donors (Lipinski definition) is 1. The van der Waals surface area contributed by atoms with Crippen LogP contribution in [0.1, 0.15) is 63.2 Å². The molecule has 2 aromatic rings. The molecule has 0 aromatic carbocycles. The average molecular weight is 388 g/mol. The number of carbonyl (C=O) groups excluding carboxylic acids is 1. The van der Waals surface area contributed by atoms with Gasteiger partial charge in [-0.3, -0.25) is 0 Å². The largest absolute Gasteiger partial charge is 0.508 e. The second-order valence-corrected chi connectivity index (χ2v) is 7.73. The van der Waals surface area contributed by atoms with Crippen LogP contribution < -0.4 is 5.73 Å². The van der Waals surface area contributed by atoms with Crippen molar-refractivity contribution in [1.82, 2.24) is 14.6 Å². The van der Waals surface area contributed by atoms with Gasteiger partial charge in [-0.25, -0.2) is 14.3 Å². The first kappa shape index (κ1) is 19.0. The first-order valence-electron chi connectivity index (χ1n) is 10.2. The minimum absolute atomic E-state index is 0.104. The Labute approximate surface area is 164 Å². The molecular weight excluding hydrogens is 360 g/mol. The zero-order valence-corrected chi connectivity index (χ0v) is 16.1. The van der Waals surface area contributed by atoms with E-state index in [0.717, 1.165) is 30.5 Å². The molecule has 2 fully saturated rings. The first-order chi connectivity index (χ1) is 13.7. The van der Waals surface area contributed by atoms with E-state index >= 15 is 0 Å². The molecule has 0 radical (unpaired) electrons. The summed E-state index contributed by atoms with van der Waals surface area (Å²) in [7, 11) is 0. The lowest BCUT2D eigenvalue weighted by Crippen LogP contribution is -2.20. The van der Waals surface area contributed by atoms with Gasteiger partial charge < -0.3 is 19.9 Å². The minimum Gasteiger partial charge on any atom is -0.434 e. The highest BCUT2D eigenvalue weighted by Gasteiger charge is 2.30. The third-order valence-corrected chi connectivity index (χ3v) is 5.81. The van der Waals surface area contributed by atoms with Crippen LogP contribution >= 0.6 is 0 Å². The van der Waals surface area contributed by atoms with Crippen molar-refractivity contribution < 1.29 is 19.0 Å². The molecule has 2 aliphatic rings. The molecule has 0 amide bonds.